The Morgan fingerprint density at radius 2 is 1.91 bits per heavy atom. The topological polar surface area (TPSA) is 48.2 Å². The van der Waals surface area contributed by atoms with Gasteiger partial charge in [-0.05, 0) is 5.16 Å². The lowest BCUT2D eigenvalue weighted by Gasteiger charge is -2.13. The molecule has 1 aromatic heterocycles. The Hall–Kier alpha value is -1.06. The minimum absolute atomic E-state index is 0.0780. The van der Waals surface area contributed by atoms with Gasteiger partial charge in [0.2, 0.25) is 0 Å². The maximum Gasteiger partial charge on any atom is 0.279 e. The van der Waals surface area contributed by atoms with Crippen LogP contribution in [-0.4, -0.2) is 17.4 Å². The molecule has 62 valence electrons. The molecule has 0 unspecified atom stereocenters. The van der Waals surface area contributed by atoms with Gasteiger partial charge in [0, 0.05) is 5.41 Å². The zero-order valence-corrected chi connectivity index (χ0v) is 7.21. The number of nitrogens with zero attached hydrogens (tertiary/aromatic N) is 2. The van der Waals surface area contributed by atoms with Gasteiger partial charge < -0.3 is 4.74 Å². The number of methoxy groups -OCH3 is 1. The SMILES string of the molecule is COc1nonc1C(C)(C)C. The average molecular weight is 156 g/mol. The van der Waals surface area contributed by atoms with Crippen molar-refractivity contribution in [3.63, 3.8) is 0 Å². The first-order valence-corrected chi connectivity index (χ1v) is 3.42. The van der Waals surface area contributed by atoms with Crippen LogP contribution in [0.15, 0.2) is 4.63 Å². The van der Waals surface area contributed by atoms with E-state index in [0.717, 1.165) is 5.69 Å². The van der Waals surface area contributed by atoms with Gasteiger partial charge in [0.25, 0.3) is 5.88 Å². The summed E-state index contributed by atoms with van der Waals surface area (Å²) in [5.41, 5.74) is 0.672. The summed E-state index contributed by atoms with van der Waals surface area (Å²) in [6.07, 6.45) is 0. The van der Waals surface area contributed by atoms with Crippen molar-refractivity contribution in [3.8, 4) is 5.88 Å². The van der Waals surface area contributed by atoms with Crippen molar-refractivity contribution in [1.29, 1.82) is 0 Å². The lowest BCUT2D eigenvalue weighted by Crippen LogP contribution is -2.12. The molecule has 0 aliphatic carbocycles. The minimum Gasteiger partial charge on any atom is -0.477 e. The predicted octanol–water partition coefficient (Wildman–Crippen LogP) is 1.38. The lowest BCUT2D eigenvalue weighted by molar-refractivity contribution is 0.279. The molecular weight excluding hydrogens is 144 g/mol. The minimum atomic E-state index is -0.0780. The number of hydrogen-bond donors (Lipinski definition) is 0. The van der Waals surface area contributed by atoms with Gasteiger partial charge in [0.1, 0.15) is 0 Å². The highest BCUT2D eigenvalue weighted by Crippen LogP contribution is 2.26. The molecule has 0 amide bonds. The quantitative estimate of drug-likeness (QED) is 0.616. The predicted molar refractivity (Wildman–Crippen MR) is 39.6 cm³/mol. The Morgan fingerprint density at radius 3 is 2.27 bits per heavy atom. The van der Waals surface area contributed by atoms with Gasteiger partial charge in [-0.25, -0.2) is 4.63 Å². The van der Waals surface area contributed by atoms with E-state index in [9.17, 15) is 0 Å². The molecule has 0 saturated heterocycles. The van der Waals surface area contributed by atoms with Gasteiger partial charge in [-0.1, -0.05) is 25.9 Å². The molecule has 0 saturated carbocycles. The summed E-state index contributed by atoms with van der Waals surface area (Å²) in [4.78, 5) is 0. The second-order valence-corrected chi connectivity index (χ2v) is 3.37. The van der Waals surface area contributed by atoms with Gasteiger partial charge in [0.15, 0.2) is 5.69 Å². The molecule has 0 aromatic carbocycles. The third kappa shape index (κ3) is 1.50. The van der Waals surface area contributed by atoms with Crippen LogP contribution in [0.2, 0.25) is 0 Å². The Balaban J connectivity index is 3.02. The molecule has 11 heavy (non-hydrogen) atoms. The zero-order chi connectivity index (χ0) is 8.48. The summed E-state index contributed by atoms with van der Waals surface area (Å²) in [6.45, 7) is 6.07. The molecule has 0 aliphatic heterocycles. The van der Waals surface area contributed by atoms with Crippen LogP contribution >= 0.6 is 0 Å². The zero-order valence-electron chi connectivity index (χ0n) is 7.21. The van der Waals surface area contributed by atoms with Crippen molar-refractivity contribution in [1.82, 2.24) is 10.3 Å². The van der Waals surface area contributed by atoms with Gasteiger partial charge in [-0.15, -0.1) is 0 Å². The van der Waals surface area contributed by atoms with Gasteiger partial charge >= 0.3 is 0 Å². The molecule has 4 nitrogen and oxygen atoms in total. The molecule has 0 atom stereocenters. The highest BCUT2D eigenvalue weighted by molar-refractivity contribution is 5.22. The van der Waals surface area contributed by atoms with E-state index in [1.807, 2.05) is 20.8 Å². The third-order valence-electron chi connectivity index (χ3n) is 1.36. The summed E-state index contributed by atoms with van der Waals surface area (Å²) in [5, 5.41) is 7.34. The number of aromatic nitrogens is 2. The van der Waals surface area contributed by atoms with E-state index in [1.54, 1.807) is 7.11 Å². The van der Waals surface area contributed by atoms with Crippen LogP contribution in [0.25, 0.3) is 0 Å². The Bertz CT molecular complexity index is 237. The van der Waals surface area contributed by atoms with Gasteiger partial charge in [-0.2, -0.15) is 0 Å². The summed E-state index contributed by atoms with van der Waals surface area (Å²) >= 11 is 0. The first-order valence-electron chi connectivity index (χ1n) is 3.42. The van der Waals surface area contributed by atoms with Crippen LogP contribution in [0.5, 0.6) is 5.88 Å². The van der Waals surface area contributed by atoms with E-state index in [4.69, 9.17) is 4.74 Å². The average Bonchev–Trinajstić information content (AvgIpc) is 2.31. The van der Waals surface area contributed by atoms with Gasteiger partial charge in [-0.3, -0.25) is 0 Å². The highest BCUT2D eigenvalue weighted by atomic mass is 16.6. The highest BCUT2D eigenvalue weighted by Gasteiger charge is 2.24. The van der Waals surface area contributed by atoms with Crippen LogP contribution < -0.4 is 4.74 Å². The van der Waals surface area contributed by atoms with Crippen LogP contribution in [-0.2, 0) is 5.41 Å². The van der Waals surface area contributed by atoms with E-state index >= 15 is 0 Å². The monoisotopic (exact) mass is 156 g/mol. The van der Waals surface area contributed by atoms with Gasteiger partial charge in [0.05, 0.1) is 7.11 Å². The fourth-order valence-corrected chi connectivity index (χ4v) is 0.772. The fraction of sp³-hybridized carbons (Fsp3) is 0.714. The molecular formula is C7H12N2O2. The molecule has 1 rings (SSSR count). The second-order valence-electron chi connectivity index (χ2n) is 3.37. The standard InChI is InChI=1S/C7H12N2O2/c1-7(2,3)5-6(10-4)9-11-8-5/h1-4H3. The molecule has 0 radical (unpaired) electrons. The molecule has 1 aromatic rings. The van der Waals surface area contributed by atoms with Crippen molar-refractivity contribution in [2.45, 2.75) is 26.2 Å². The summed E-state index contributed by atoms with van der Waals surface area (Å²) in [5.74, 6) is 0.470. The van der Waals surface area contributed by atoms with E-state index in [0.29, 0.717) is 5.88 Å². The van der Waals surface area contributed by atoms with Crippen molar-refractivity contribution in [2.75, 3.05) is 7.11 Å². The second kappa shape index (κ2) is 2.53. The van der Waals surface area contributed by atoms with E-state index in [1.165, 1.54) is 0 Å². The maximum absolute atomic E-state index is 4.94. The maximum atomic E-state index is 4.94. The van der Waals surface area contributed by atoms with Crippen molar-refractivity contribution in [3.05, 3.63) is 5.69 Å². The summed E-state index contributed by atoms with van der Waals surface area (Å²) in [7, 11) is 1.55. The molecule has 0 bridgehead atoms. The first kappa shape index (κ1) is 8.04. The van der Waals surface area contributed by atoms with Crippen molar-refractivity contribution >= 4 is 0 Å². The third-order valence-corrected chi connectivity index (χ3v) is 1.36. The Morgan fingerprint density at radius 1 is 1.27 bits per heavy atom. The van der Waals surface area contributed by atoms with Crippen molar-refractivity contribution < 1.29 is 9.37 Å². The fourth-order valence-electron chi connectivity index (χ4n) is 0.772. The molecule has 1 heterocycles. The smallest absolute Gasteiger partial charge is 0.279 e. The van der Waals surface area contributed by atoms with E-state index < -0.39 is 0 Å². The molecule has 0 aliphatic rings. The van der Waals surface area contributed by atoms with Crippen LogP contribution in [0.1, 0.15) is 26.5 Å². The van der Waals surface area contributed by atoms with Crippen LogP contribution in [0, 0.1) is 0 Å². The van der Waals surface area contributed by atoms with E-state index in [2.05, 4.69) is 14.9 Å². The molecule has 0 spiro atoms. The molecule has 4 heteroatoms. The summed E-state index contributed by atoms with van der Waals surface area (Å²) < 4.78 is 9.48. The number of hydrogen-bond acceptors (Lipinski definition) is 4. The summed E-state index contributed by atoms with van der Waals surface area (Å²) in [6, 6.07) is 0. The normalized spacial score (nSPS) is 11.6. The number of rotatable bonds is 1. The van der Waals surface area contributed by atoms with Crippen LogP contribution in [0.4, 0.5) is 0 Å². The first-order chi connectivity index (χ1) is 5.05. The van der Waals surface area contributed by atoms with Crippen molar-refractivity contribution in [2.24, 2.45) is 0 Å². The Labute approximate surface area is 65.5 Å². The molecule has 0 fully saturated rings. The van der Waals surface area contributed by atoms with E-state index in [-0.39, 0.29) is 5.41 Å². The number of ether oxygens (including phenoxy) is 1. The Kier molecular flexibility index (Phi) is 1.85. The lowest BCUT2D eigenvalue weighted by atomic mass is 9.93. The molecule has 0 N–H and O–H groups in total. The largest absolute Gasteiger partial charge is 0.477 e. The van der Waals surface area contributed by atoms with Crippen LogP contribution in [0.3, 0.4) is 0 Å².